The maximum Gasteiger partial charge on any atom is 0.250 e. The van der Waals surface area contributed by atoms with Crippen LogP contribution in [0.4, 0.5) is 0 Å². The zero-order valence-electron chi connectivity index (χ0n) is 12.6. The van der Waals surface area contributed by atoms with Crippen molar-refractivity contribution in [3.63, 3.8) is 0 Å². The fourth-order valence-electron chi connectivity index (χ4n) is 2.01. The second-order valence-electron chi connectivity index (χ2n) is 5.73. The van der Waals surface area contributed by atoms with E-state index in [4.69, 9.17) is 0 Å². The summed E-state index contributed by atoms with van der Waals surface area (Å²) in [6.07, 6.45) is 0.822. The van der Waals surface area contributed by atoms with Crippen molar-refractivity contribution in [3.05, 3.63) is 15.4 Å². The first-order valence-electron chi connectivity index (χ1n) is 6.54. The van der Waals surface area contributed by atoms with E-state index in [1.54, 1.807) is 6.07 Å². The van der Waals surface area contributed by atoms with Crippen LogP contribution < -0.4 is 4.72 Å². The van der Waals surface area contributed by atoms with Crippen LogP contribution in [0, 0.1) is 12.8 Å². The van der Waals surface area contributed by atoms with E-state index >= 15 is 0 Å². The van der Waals surface area contributed by atoms with Crippen LogP contribution in [-0.2, 0) is 10.0 Å². The average Bonchev–Trinajstić information content (AvgIpc) is 2.57. The van der Waals surface area contributed by atoms with Crippen molar-refractivity contribution in [2.75, 3.05) is 20.6 Å². The summed E-state index contributed by atoms with van der Waals surface area (Å²) in [4.78, 5) is 2.01. The molecule has 0 amide bonds. The molecule has 1 atom stereocenters. The van der Waals surface area contributed by atoms with Crippen LogP contribution in [0.5, 0.6) is 0 Å². The maximum atomic E-state index is 12.4. The number of halogens is 1. The van der Waals surface area contributed by atoms with E-state index in [9.17, 15) is 8.42 Å². The quantitative estimate of drug-likeness (QED) is 0.787. The number of nitrogens with zero attached hydrogens (tertiary/aromatic N) is 1. The molecule has 1 unspecified atom stereocenters. The predicted octanol–water partition coefficient (Wildman–Crippen LogP) is 3.07. The molecule has 1 aromatic heterocycles. The molecule has 0 aliphatic carbocycles. The van der Waals surface area contributed by atoms with Crippen molar-refractivity contribution in [1.82, 2.24) is 9.62 Å². The van der Waals surface area contributed by atoms with Crippen molar-refractivity contribution < 1.29 is 8.42 Å². The van der Waals surface area contributed by atoms with Gasteiger partial charge in [0.25, 0.3) is 0 Å². The van der Waals surface area contributed by atoms with Crippen molar-refractivity contribution in [1.29, 1.82) is 0 Å². The van der Waals surface area contributed by atoms with Gasteiger partial charge in [-0.05, 0) is 60.9 Å². The van der Waals surface area contributed by atoms with Crippen LogP contribution in [-0.4, -0.2) is 40.0 Å². The van der Waals surface area contributed by atoms with Crippen LogP contribution in [0.25, 0.3) is 0 Å². The molecule has 0 fully saturated rings. The third-order valence-corrected chi connectivity index (χ3v) is 6.89. The molecule has 0 saturated heterocycles. The summed E-state index contributed by atoms with van der Waals surface area (Å²) in [5.74, 6) is 0.444. The van der Waals surface area contributed by atoms with Crippen LogP contribution in [0.15, 0.2) is 14.1 Å². The topological polar surface area (TPSA) is 49.4 Å². The van der Waals surface area contributed by atoms with Crippen molar-refractivity contribution in [2.45, 2.75) is 37.4 Å². The van der Waals surface area contributed by atoms with E-state index in [0.29, 0.717) is 16.7 Å². The zero-order valence-corrected chi connectivity index (χ0v) is 15.8. The van der Waals surface area contributed by atoms with Gasteiger partial charge >= 0.3 is 0 Å². The molecule has 1 rings (SSSR count). The number of likely N-dealkylation sites (N-methyl/N-ethyl adjacent to an activating group) is 1. The molecule has 1 heterocycles. The summed E-state index contributed by atoms with van der Waals surface area (Å²) in [6, 6.07) is 1.63. The van der Waals surface area contributed by atoms with E-state index < -0.39 is 10.0 Å². The molecule has 20 heavy (non-hydrogen) atoms. The van der Waals surface area contributed by atoms with Gasteiger partial charge in [0.2, 0.25) is 10.0 Å². The van der Waals surface area contributed by atoms with E-state index in [0.717, 1.165) is 15.8 Å². The van der Waals surface area contributed by atoms with Gasteiger partial charge in [0.15, 0.2) is 0 Å². The minimum atomic E-state index is -3.44. The van der Waals surface area contributed by atoms with Crippen molar-refractivity contribution in [3.8, 4) is 0 Å². The lowest BCUT2D eigenvalue weighted by Gasteiger charge is -2.23. The molecule has 4 nitrogen and oxygen atoms in total. The van der Waals surface area contributed by atoms with E-state index in [1.807, 2.05) is 25.9 Å². The summed E-state index contributed by atoms with van der Waals surface area (Å²) in [5, 5.41) is 0. The number of rotatable bonds is 7. The molecule has 0 bridgehead atoms. The molecule has 0 saturated carbocycles. The SMILES string of the molecule is Cc1cc(S(=O)(=O)NC(CC(C)C)CN(C)C)sc1Br. The van der Waals surface area contributed by atoms with Gasteiger partial charge in [-0.2, -0.15) is 0 Å². The third kappa shape index (κ3) is 5.44. The highest BCUT2D eigenvalue weighted by Crippen LogP contribution is 2.30. The number of nitrogens with one attached hydrogen (secondary N) is 1. The number of hydrogen-bond acceptors (Lipinski definition) is 4. The summed E-state index contributed by atoms with van der Waals surface area (Å²) >= 11 is 4.63. The lowest BCUT2D eigenvalue weighted by atomic mass is 10.0. The summed E-state index contributed by atoms with van der Waals surface area (Å²) in [7, 11) is 0.463. The van der Waals surface area contributed by atoms with Gasteiger partial charge in [-0.15, -0.1) is 11.3 Å². The lowest BCUT2D eigenvalue weighted by molar-refractivity contribution is 0.329. The zero-order chi connectivity index (χ0) is 15.5. The molecule has 0 aromatic carbocycles. The molecule has 0 radical (unpaired) electrons. The molecule has 0 aliphatic rings. The van der Waals surface area contributed by atoms with E-state index in [2.05, 4.69) is 34.5 Å². The Balaban J connectivity index is 2.90. The van der Waals surface area contributed by atoms with Gasteiger partial charge in [-0.1, -0.05) is 13.8 Å². The highest BCUT2D eigenvalue weighted by molar-refractivity contribution is 9.11. The Kier molecular flexibility index (Phi) is 6.66. The monoisotopic (exact) mass is 382 g/mol. The Bertz CT molecular complexity index is 509. The first-order valence-corrected chi connectivity index (χ1v) is 9.64. The Hall–Kier alpha value is 0.0500. The minimum absolute atomic E-state index is 0.0730. The molecule has 0 aliphatic heterocycles. The van der Waals surface area contributed by atoms with E-state index in [-0.39, 0.29) is 6.04 Å². The van der Waals surface area contributed by atoms with Crippen LogP contribution >= 0.6 is 27.3 Å². The third-order valence-electron chi connectivity index (χ3n) is 2.76. The molecule has 0 spiro atoms. The first-order chi connectivity index (χ1) is 9.11. The Labute approximate surface area is 134 Å². The Morgan fingerprint density at radius 2 is 2.00 bits per heavy atom. The van der Waals surface area contributed by atoms with Crippen molar-refractivity contribution >= 4 is 37.3 Å². The second-order valence-corrected chi connectivity index (χ2v) is 10.0. The predicted molar refractivity (Wildman–Crippen MR) is 88.9 cm³/mol. The van der Waals surface area contributed by atoms with Gasteiger partial charge in [0, 0.05) is 12.6 Å². The summed E-state index contributed by atoms with van der Waals surface area (Å²) in [5.41, 5.74) is 0.948. The van der Waals surface area contributed by atoms with Crippen LogP contribution in [0.2, 0.25) is 0 Å². The number of thiophene rings is 1. The fraction of sp³-hybridized carbons (Fsp3) is 0.692. The van der Waals surface area contributed by atoms with Gasteiger partial charge in [-0.3, -0.25) is 0 Å². The number of sulfonamides is 1. The maximum absolute atomic E-state index is 12.4. The fourth-order valence-corrected chi connectivity index (χ4v) is 5.49. The molecule has 1 aromatic rings. The molecular weight excluding hydrogens is 360 g/mol. The van der Waals surface area contributed by atoms with Gasteiger partial charge in [-0.25, -0.2) is 13.1 Å². The highest BCUT2D eigenvalue weighted by Gasteiger charge is 2.23. The highest BCUT2D eigenvalue weighted by atomic mass is 79.9. The summed E-state index contributed by atoms with van der Waals surface area (Å²) < 4.78 is 28.9. The van der Waals surface area contributed by atoms with Gasteiger partial charge in [0.05, 0.1) is 3.79 Å². The molecule has 7 heteroatoms. The standard InChI is InChI=1S/C13H23BrN2O2S2/c1-9(2)6-11(8-16(4)5)15-20(17,18)12-7-10(3)13(14)19-12/h7,9,11,15H,6,8H2,1-5H3. The number of aryl methyl sites for hydroxylation is 1. The van der Waals surface area contributed by atoms with Crippen LogP contribution in [0.1, 0.15) is 25.8 Å². The molecule has 116 valence electrons. The van der Waals surface area contributed by atoms with E-state index in [1.165, 1.54) is 11.3 Å². The van der Waals surface area contributed by atoms with Gasteiger partial charge < -0.3 is 4.90 Å². The average molecular weight is 383 g/mol. The van der Waals surface area contributed by atoms with Crippen molar-refractivity contribution in [2.24, 2.45) is 5.92 Å². The van der Waals surface area contributed by atoms with Crippen LogP contribution in [0.3, 0.4) is 0 Å². The van der Waals surface area contributed by atoms with Gasteiger partial charge in [0.1, 0.15) is 4.21 Å². The number of hydrogen-bond donors (Lipinski definition) is 1. The second kappa shape index (κ2) is 7.35. The smallest absolute Gasteiger partial charge is 0.250 e. The molecule has 1 N–H and O–H groups in total. The first kappa shape index (κ1) is 18.1. The Morgan fingerprint density at radius 1 is 1.40 bits per heavy atom. The summed E-state index contributed by atoms with van der Waals surface area (Å²) in [6.45, 7) is 6.79. The largest absolute Gasteiger partial charge is 0.308 e. The minimum Gasteiger partial charge on any atom is -0.308 e. The lowest BCUT2D eigenvalue weighted by Crippen LogP contribution is -2.42. The Morgan fingerprint density at radius 3 is 2.40 bits per heavy atom. The normalized spacial score (nSPS) is 14.2. The molecular formula is C13H23BrN2O2S2.